The van der Waals surface area contributed by atoms with E-state index in [1.54, 1.807) is 4.90 Å². The quantitative estimate of drug-likeness (QED) is 0.743. The van der Waals surface area contributed by atoms with Crippen LogP contribution < -0.4 is 5.32 Å². The standard InChI is InChI=1S/C19H25F4N3O2/c1-2-12-8-26(18(28)24-16-4-3-13(20)7-15(16)21)17(10-27)14(12)9-25-6-5-19(22,23)11-25/h3-4,7,12,14,17,27H,2,5-6,8-11H2,1H3,(H,24,28)/t12-,14-,17-/m1/s1. The van der Waals surface area contributed by atoms with Crippen LogP contribution in [0.5, 0.6) is 0 Å². The van der Waals surface area contributed by atoms with Crippen molar-refractivity contribution in [2.45, 2.75) is 31.7 Å². The molecule has 0 bridgehead atoms. The number of alkyl halides is 2. The van der Waals surface area contributed by atoms with Crippen molar-refractivity contribution < 1.29 is 27.5 Å². The maximum Gasteiger partial charge on any atom is 0.322 e. The van der Waals surface area contributed by atoms with Crippen molar-refractivity contribution in [1.82, 2.24) is 9.80 Å². The largest absolute Gasteiger partial charge is 0.394 e. The Morgan fingerprint density at radius 3 is 2.68 bits per heavy atom. The Balaban J connectivity index is 1.71. The first-order valence-corrected chi connectivity index (χ1v) is 9.47. The number of hydrogen-bond donors (Lipinski definition) is 2. The molecule has 2 N–H and O–H groups in total. The van der Waals surface area contributed by atoms with Gasteiger partial charge in [0.05, 0.1) is 24.9 Å². The number of urea groups is 1. The predicted molar refractivity (Wildman–Crippen MR) is 96.2 cm³/mol. The van der Waals surface area contributed by atoms with Crippen molar-refractivity contribution in [2.24, 2.45) is 11.8 Å². The van der Waals surface area contributed by atoms with E-state index in [4.69, 9.17) is 0 Å². The van der Waals surface area contributed by atoms with E-state index in [0.717, 1.165) is 18.6 Å². The van der Waals surface area contributed by atoms with Gasteiger partial charge in [-0.2, -0.15) is 0 Å². The lowest BCUT2D eigenvalue weighted by Gasteiger charge is -2.30. The molecule has 2 aliphatic rings. The first-order chi connectivity index (χ1) is 13.2. The van der Waals surface area contributed by atoms with Crippen molar-refractivity contribution in [1.29, 1.82) is 0 Å². The van der Waals surface area contributed by atoms with Gasteiger partial charge < -0.3 is 15.3 Å². The number of likely N-dealkylation sites (tertiary alicyclic amines) is 2. The average molecular weight is 403 g/mol. The van der Waals surface area contributed by atoms with Crippen LogP contribution in [0, 0.1) is 23.5 Å². The summed E-state index contributed by atoms with van der Waals surface area (Å²) in [5.74, 6) is -4.47. The number of aliphatic hydroxyl groups is 1. The minimum atomic E-state index is -2.70. The van der Waals surface area contributed by atoms with Crippen molar-refractivity contribution >= 4 is 11.7 Å². The predicted octanol–water partition coefficient (Wildman–Crippen LogP) is 3.16. The van der Waals surface area contributed by atoms with Crippen LogP contribution in [0.3, 0.4) is 0 Å². The molecule has 2 amide bonds. The number of rotatable bonds is 5. The Morgan fingerprint density at radius 2 is 2.11 bits per heavy atom. The molecule has 0 spiro atoms. The van der Waals surface area contributed by atoms with Crippen molar-refractivity contribution in [3.8, 4) is 0 Å². The Bertz CT molecular complexity index is 718. The summed E-state index contributed by atoms with van der Waals surface area (Å²) in [5.41, 5.74) is -0.154. The molecular weight excluding hydrogens is 378 g/mol. The summed E-state index contributed by atoms with van der Waals surface area (Å²) in [6, 6.07) is 1.69. The molecule has 2 aliphatic heterocycles. The van der Waals surface area contributed by atoms with Gasteiger partial charge in [-0.3, -0.25) is 4.90 Å². The van der Waals surface area contributed by atoms with Crippen molar-refractivity contribution in [2.75, 3.05) is 38.1 Å². The van der Waals surface area contributed by atoms with Crippen LogP contribution in [0.25, 0.3) is 0 Å². The summed E-state index contributed by atoms with van der Waals surface area (Å²) in [4.78, 5) is 15.8. The Morgan fingerprint density at radius 1 is 1.36 bits per heavy atom. The Hall–Kier alpha value is -1.87. The molecule has 2 fully saturated rings. The average Bonchev–Trinajstić information content (AvgIpc) is 3.16. The number of carbonyl (C=O) groups is 1. The Kier molecular flexibility index (Phi) is 6.14. The van der Waals surface area contributed by atoms with Crippen molar-refractivity contribution in [3.05, 3.63) is 29.8 Å². The minimum Gasteiger partial charge on any atom is -0.394 e. The van der Waals surface area contributed by atoms with Gasteiger partial charge in [0.1, 0.15) is 11.6 Å². The zero-order valence-corrected chi connectivity index (χ0v) is 15.7. The molecule has 1 aromatic carbocycles. The molecule has 0 saturated carbocycles. The molecule has 3 atom stereocenters. The molecular formula is C19H25F4N3O2. The number of hydrogen-bond acceptors (Lipinski definition) is 3. The zero-order chi connectivity index (χ0) is 20.5. The number of nitrogens with zero attached hydrogens (tertiary/aromatic N) is 2. The summed E-state index contributed by atoms with van der Waals surface area (Å²) in [7, 11) is 0. The van der Waals surface area contributed by atoms with Gasteiger partial charge >= 0.3 is 6.03 Å². The molecule has 156 valence electrons. The number of carbonyl (C=O) groups excluding carboxylic acids is 1. The van der Waals surface area contributed by atoms with Crippen molar-refractivity contribution in [3.63, 3.8) is 0 Å². The summed E-state index contributed by atoms with van der Waals surface area (Å²) in [5, 5.41) is 12.3. The molecule has 0 aliphatic carbocycles. The van der Waals surface area contributed by atoms with Gasteiger partial charge in [0.15, 0.2) is 0 Å². The summed E-state index contributed by atoms with van der Waals surface area (Å²) >= 11 is 0. The van der Waals surface area contributed by atoms with Crippen LogP contribution in [0.1, 0.15) is 19.8 Å². The number of benzene rings is 1. The zero-order valence-electron chi connectivity index (χ0n) is 15.7. The highest BCUT2D eigenvalue weighted by Crippen LogP contribution is 2.36. The van der Waals surface area contributed by atoms with Crippen LogP contribution >= 0.6 is 0 Å². The smallest absolute Gasteiger partial charge is 0.322 e. The SMILES string of the molecule is CC[C@@H]1CN(C(=O)Nc2ccc(F)cc2F)[C@H](CO)[C@@H]1CN1CCC(F)(F)C1. The van der Waals surface area contributed by atoms with Crippen LogP contribution in [-0.4, -0.2) is 65.7 Å². The lowest BCUT2D eigenvalue weighted by atomic mass is 9.88. The molecule has 9 heteroatoms. The van der Waals surface area contributed by atoms with Gasteiger partial charge in [-0.15, -0.1) is 0 Å². The third kappa shape index (κ3) is 4.41. The third-order valence-corrected chi connectivity index (χ3v) is 5.79. The van der Waals surface area contributed by atoms with Crippen LogP contribution in [0.4, 0.5) is 28.0 Å². The highest BCUT2D eigenvalue weighted by Gasteiger charge is 2.46. The van der Waals surface area contributed by atoms with Gasteiger partial charge in [-0.05, 0) is 24.0 Å². The normalized spacial score (nSPS) is 27.4. The fourth-order valence-electron chi connectivity index (χ4n) is 4.28. The van der Waals surface area contributed by atoms with Gasteiger partial charge in [0.25, 0.3) is 5.92 Å². The highest BCUT2D eigenvalue weighted by atomic mass is 19.3. The van der Waals surface area contributed by atoms with E-state index in [0.29, 0.717) is 19.2 Å². The molecule has 1 aromatic rings. The van der Waals surface area contributed by atoms with E-state index in [9.17, 15) is 27.5 Å². The second-order valence-corrected chi connectivity index (χ2v) is 7.63. The molecule has 3 rings (SSSR count). The number of nitrogens with one attached hydrogen (secondary N) is 1. The van der Waals surface area contributed by atoms with E-state index in [1.807, 2.05) is 6.92 Å². The number of anilines is 1. The van der Waals surface area contributed by atoms with E-state index in [2.05, 4.69) is 5.32 Å². The maximum atomic E-state index is 13.8. The van der Waals surface area contributed by atoms with Crippen LogP contribution in [0.15, 0.2) is 18.2 Å². The van der Waals surface area contributed by atoms with Gasteiger partial charge in [0.2, 0.25) is 0 Å². The van der Waals surface area contributed by atoms with E-state index in [1.165, 1.54) is 4.90 Å². The number of amides is 2. The minimum absolute atomic E-state index is 0.0372. The molecule has 0 unspecified atom stereocenters. The molecule has 0 aromatic heterocycles. The van der Waals surface area contributed by atoms with Gasteiger partial charge in [-0.25, -0.2) is 22.4 Å². The second-order valence-electron chi connectivity index (χ2n) is 7.63. The fraction of sp³-hybridized carbons (Fsp3) is 0.632. The molecule has 28 heavy (non-hydrogen) atoms. The second kappa shape index (κ2) is 8.24. The lowest BCUT2D eigenvalue weighted by molar-refractivity contribution is 0.00917. The van der Waals surface area contributed by atoms with Gasteiger partial charge in [0, 0.05) is 32.1 Å². The lowest BCUT2D eigenvalue weighted by Crippen LogP contribution is -2.45. The van der Waals surface area contributed by atoms with E-state index >= 15 is 0 Å². The van der Waals surface area contributed by atoms with Gasteiger partial charge in [-0.1, -0.05) is 13.3 Å². The third-order valence-electron chi connectivity index (χ3n) is 5.79. The van der Waals surface area contributed by atoms with Crippen LogP contribution in [0.2, 0.25) is 0 Å². The summed E-state index contributed by atoms with van der Waals surface area (Å²) < 4.78 is 53.9. The topological polar surface area (TPSA) is 55.8 Å². The number of aliphatic hydroxyl groups excluding tert-OH is 1. The first kappa shape index (κ1) is 20.9. The van der Waals surface area contributed by atoms with Crippen LogP contribution in [-0.2, 0) is 0 Å². The first-order valence-electron chi connectivity index (χ1n) is 9.47. The number of halogens is 4. The molecule has 2 heterocycles. The highest BCUT2D eigenvalue weighted by molar-refractivity contribution is 5.90. The fourth-order valence-corrected chi connectivity index (χ4v) is 4.28. The van der Waals surface area contributed by atoms with E-state index < -0.39 is 29.6 Å². The summed E-state index contributed by atoms with van der Waals surface area (Å²) in [6.07, 6.45) is 0.536. The molecule has 5 nitrogen and oxygen atoms in total. The maximum absolute atomic E-state index is 13.8. The van der Waals surface area contributed by atoms with E-state index in [-0.39, 0.29) is 43.6 Å². The molecule has 0 radical (unpaired) electrons. The molecule has 2 saturated heterocycles. The monoisotopic (exact) mass is 403 g/mol. The summed E-state index contributed by atoms with van der Waals surface area (Å²) in [6.45, 7) is 2.31. The Labute approximate surface area is 161 Å².